The van der Waals surface area contributed by atoms with Gasteiger partial charge in [-0.25, -0.2) is 0 Å². The van der Waals surface area contributed by atoms with E-state index in [2.05, 4.69) is 0 Å². The SMILES string of the molecule is COCc1cc(OC)cc(OC(=O)C(C)(C)C)c1. The molecule has 0 unspecified atom stereocenters. The molecule has 18 heavy (non-hydrogen) atoms. The highest BCUT2D eigenvalue weighted by Gasteiger charge is 2.24. The van der Waals surface area contributed by atoms with Gasteiger partial charge in [0.25, 0.3) is 0 Å². The molecule has 0 saturated carbocycles. The molecule has 0 N–H and O–H groups in total. The van der Waals surface area contributed by atoms with Gasteiger partial charge in [-0.2, -0.15) is 0 Å². The molecule has 0 fully saturated rings. The molecule has 0 heterocycles. The highest BCUT2D eigenvalue weighted by Crippen LogP contribution is 2.25. The number of rotatable bonds is 4. The third kappa shape index (κ3) is 4.04. The number of carbonyl (C=O) groups is 1. The van der Waals surface area contributed by atoms with Gasteiger partial charge in [-0.3, -0.25) is 4.79 Å². The minimum Gasteiger partial charge on any atom is -0.497 e. The molecule has 0 aliphatic rings. The maximum atomic E-state index is 11.8. The topological polar surface area (TPSA) is 44.8 Å². The molecular weight excluding hydrogens is 232 g/mol. The third-order valence-corrected chi connectivity index (χ3v) is 2.31. The molecule has 4 nitrogen and oxygen atoms in total. The number of benzene rings is 1. The summed E-state index contributed by atoms with van der Waals surface area (Å²) in [6.07, 6.45) is 0. The molecule has 1 aromatic carbocycles. The van der Waals surface area contributed by atoms with E-state index in [0.29, 0.717) is 18.1 Å². The fourth-order valence-corrected chi connectivity index (χ4v) is 1.32. The zero-order chi connectivity index (χ0) is 13.8. The lowest BCUT2D eigenvalue weighted by atomic mass is 9.97. The number of esters is 1. The quantitative estimate of drug-likeness (QED) is 0.610. The fraction of sp³-hybridized carbons (Fsp3) is 0.500. The number of carbonyl (C=O) groups excluding carboxylic acids is 1. The van der Waals surface area contributed by atoms with Crippen LogP contribution in [0.1, 0.15) is 26.3 Å². The highest BCUT2D eigenvalue weighted by atomic mass is 16.5. The number of hydrogen-bond donors (Lipinski definition) is 0. The van der Waals surface area contributed by atoms with Crippen molar-refractivity contribution in [3.8, 4) is 11.5 Å². The molecule has 1 aromatic rings. The van der Waals surface area contributed by atoms with E-state index in [4.69, 9.17) is 14.2 Å². The molecule has 0 bridgehead atoms. The van der Waals surface area contributed by atoms with Crippen molar-refractivity contribution in [2.45, 2.75) is 27.4 Å². The van der Waals surface area contributed by atoms with Crippen LogP contribution in [0.15, 0.2) is 18.2 Å². The van der Waals surface area contributed by atoms with Crippen LogP contribution in [0, 0.1) is 5.41 Å². The van der Waals surface area contributed by atoms with E-state index >= 15 is 0 Å². The maximum Gasteiger partial charge on any atom is 0.316 e. The van der Waals surface area contributed by atoms with Gasteiger partial charge in [0.15, 0.2) is 0 Å². The maximum absolute atomic E-state index is 11.8. The van der Waals surface area contributed by atoms with Crippen LogP contribution in [0.5, 0.6) is 11.5 Å². The minimum atomic E-state index is -0.537. The second-order valence-electron chi connectivity index (χ2n) is 5.09. The van der Waals surface area contributed by atoms with Crippen LogP contribution in [-0.4, -0.2) is 20.2 Å². The van der Waals surface area contributed by atoms with Gasteiger partial charge in [0, 0.05) is 13.2 Å². The van der Waals surface area contributed by atoms with Crippen molar-refractivity contribution in [3.05, 3.63) is 23.8 Å². The predicted octanol–water partition coefficient (Wildman–Crippen LogP) is 2.79. The molecule has 0 amide bonds. The van der Waals surface area contributed by atoms with E-state index in [9.17, 15) is 4.79 Å². The molecule has 0 aromatic heterocycles. The van der Waals surface area contributed by atoms with Crippen molar-refractivity contribution in [1.29, 1.82) is 0 Å². The molecule has 0 aliphatic heterocycles. The van der Waals surface area contributed by atoms with Gasteiger partial charge in [0.05, 0.1) is 19.1 Å². The lowest BCUT2D eigenvalue weighted by Crippen LogP contribution is -2.25. The monoisotopic (exact) mass is 252 g/mol. The first kappa shape index (κ1) is 14.5. The van der Waals surface area contributed by atoms with Crippen molar-refractivity contribution in [1.82, 2.24) is 0 Å². The van der Waals surface area contributed by atoms with E-state index in [1.165, 1.54) is 0 Å². The van der Waals surface area contributed by atoms with E-state index in [-0.39, 0.29) is 5.97 Å². The van der Waals surface area contributed by atoms with E-state index in [0.717, 1.165) is 5.56 Å². The summed E-state index contributed by atoms with van der Waals surface area (Å²) >= 11 is 0. The van der Waals surface area contributed by atoms with E-state index in [1.54, 1.807) is 26.4 Å². The standard InChI is InChI=1S/C14H20O4/c1-14(2,3)13(15)18-12-7-10(9-16-4)6-11(8-12)17-5/h6-8H,9H2,1-5H3. The van der Waals surface area contributed by atoms with Crippen molar-refractivity contribution in [2.75, 3.05) is 14.2 Å². The summed E-state index contributed by atoms with van der Waals surface area (Å²) in [5, 5.41) is 0. The van der Waals surface area contributed by atoms with E-state index < -0.39 is 5.41 Å². The third-order valence-electron chi connectivity index (χ3n) is 2.31. The summed E-state index contributed by atoms with van der Waals surface area (Å²) in [6, 6.07) is 5.30. The molecule has 0 atom stereocenters. The molecule has 1 rings (SSSR count). The van der Waals surface area contributed by atoms with Crippen molar-refractivity contribution in [2.24, 2.45) is 5.41 Å². The average Bonchev–Trinajstić information content (AvgIpc) is 2.27. The van der Waals surface area contributed by atoms with Crippen LogP contribution in [-0.2, 0) is 16.1 Å². The van der Waals surface area contributed by atoms with Crippen LogP contribution in [0.25, 0.3) is 0 Å². The zero-order valence-corrected chi connectivity index (χ0v) is 11.6. The largest absolute Gasteiger partial charge is 0.497 e. The smallest absolute Gasteiger partial charge is 0.316 e. The van der Waals surface area contributed by atoms with Crippen LogP contribution >= 0.6 is 0 Å². The highest BCUT2D eigenvalue weighted by molar-refractivity contribution is 5.78. The lowest BCUT2D eigenvalue weighted by molar-refractivity contribution is -0.143. The Balaban J connectivity index is 2.94. The number of hydrogen-bond acceptors (Lipinski definition) is 4. The van der Waals surface area contributed by atoms with Crippen molar-refractivity contribution < 1.29 is 19.0 Å². The Morgan fingerprint density at radius 2 is 1.72 bits per heavy atom. The fourth-order valence-electron chi connectivity index (χ4n) is 1.32. The summed E-state index contributed by atoms with van der Waals surface area (Å²) in [7, 11) is 3.18. The molecule has 0 radical (unpaired) electrons. The summed E-state index contributed by atoms with van der Waals surface area (Å²) in [6.45, 7) is 5.87. The predicted molar refractivity (Wildman–Crippen MR) is 68.8 cm³/mol. The first-order valence-electron chi connectivity index (χ1n) is 5.76. The van der Waals surface area contributed by atoms with Gasteiger partial charge >= 0.3 is 5.97 Å². The summed E-state index contributed by atoms with van der Waals surface area (Å²) < 4.78 is 15.6. The van der Waals surface area contributed by atoms with Gasteiger partial charge in [-0.15, -0.1) is 0 Å². The Bertz CT molecular complexity index is 418. The normalized spacial score (nSPS) is 11.2. The van der Waals surface area contributed by atoms with Crippen LogP contribution in [0.2, 0.25) is 0 Å². The lowest BCUT2D eigenvalue weighted by Gasteiger charge is -2.17. The second-order valence-corrected chi connectivity index (χ2v) is 5.09. The van der Waals surface area contributed by atoms with Gasteiger partial charge in [-0.05, 0) is 38.5 Å². The first-order valence-corrected chi connectivity index (χ1v) is 5.76. The Morgan fingerprint density at radius 3 is 2.22 bits per heavy atom. The van der Waals surface area contributed by atoms with Crippen molar-refractivity contribution >= 4 is 5.97 Å². The van der Waals surface area contributed by atoms with Gasteiger partial charge < -0.3 is 14.2 Å². The van der Waals surface area contributed by atoms with Crippen molar-refractivity contribution in [3.63, 3.8) is 0 Å². The summed E-state index contributed by atoms with van der Waals surface area (Å²) in [4.78, 5) is 11.8. The molecule has 0 saturated heterocycles. The molecule has 4 heteroatoms. The first-order chi connectivity index (χ1) is 8.36. The molecule has 0 aliphatic carbocycles. The Labute approximate surface area is 108 Å². The van der Waals surface area contributed by atoms with E-state index in [1.807, 2.05) is 26.8 Å². The summed E-state index contributed by atoms with van der Waals surface area (Å²) in [5.74, 6) is 0.835. The van der Waals surface area contributed by atoms with Gasteiger partial charge in [-0.1, -0.05) is 0 Å². The van der Waals surface area contributed by atoms with Crippen LogP contribution in [0.4, 0.5) is 0 Å². The molecule has 0 spiro atoms. The van der Waals surface area contributed by atoms with Gasteiger partial charge in [0.1, 0.15) is 11.5 Å². The molecular formula is C14H20O4. The Kier molecular flexibility index (Phi) is 4.73. The average molecular weight is 252 g/mol. The number of methoxy groups -OCH3 is 2. The number of ether oxygens (including phenoxy) is 3. The second kappa shape index (κ2) is 5.87. The Morgan fingerprint density at radius 1 is 1.11 bits per heavy atom. The van der Waals surface area contributed by atoms with Crippen LogP contribution in [0.3, 0.4) is 0 Å². The summed E-state index contributed by atoms with van der Waals surface area (Å²) in [5.41, 5.74) is 0.360. The zero-order valence-electron chi connectivity index (χ0n) is 11.6. The van der Waals surface area contributed by atoms with Crippen LogP contribution < -0.4 is 9.47 Å². The van der Waals surface area contributed by atoms with Gasteiger partial charge in [0.2, 0.25) is 0 Å². The Hall–Kier alpha value is -1.55. The molecule has 100 valence electrons. The minimum absolute atomic E-state index is 0.279.